The van der Waals surface area contributed by atoms with Gasteiger partial charge >= 0.3 is 0 Å². The second-order valence-electron chi connectivity index (χ2n) is 7.46. The van der Waals surface area contributed by atoms with E-state index in [1.807, 2.05) is 30.3 Å². The first-order valence-corrected chi connectivity index (χ1v) is 11.0. The number of aryl methyl sites for hydroxylation is 1. The van der Waals surface area contributed by atoms with Gasteiger partial charge in [-0.25, -0.2) is 9.37 Å². The Hall–Kier alpha value is -2.78. The molecule has 0 bridgehead atoms. The maximum absolute atomic E-state index is 14.4. The summed E-state index contributed by atoms with van der Waals surface area (Å²) < 4.78 is 29.4. The Morgan fingerprint density at radius 3 is 2.74 bits per heavy atom. The predicted molar refractivity (Wildman–Crippen MR) is 124 cm³/mol. The Bertz CT molecular complexity index is 1090. The molecule has 162 valence electrons. The monoisotopic (exact) mass is 458 g/mol. The Morgan fingerprint density at radius 2 is 2.06 bits per heavy atom. The minimum Gasteiger partial charge on any atom is -0.497 e. The van der Waals surface area contributed by atoms with Gasteiger partial charge in [0.2, 0.25) is 0 Å². The lowest BCUT2D eigenvalue weighted by molar-refractivity contribution is 0.404. The van der Waals surface area contributed by atoms with Crippen molar-refractivity contribution in [3.63, 3.8) is 0 Å². The largest absolute Gasteiger partial charge is 0.497 e. The molecule has 0 spiro atoms. The molecule has 4 rings (SSSR count). The number of halogens is 1. The smallest absolute Gasteiger partial charge is 0.173 e. The number of hydrogen-bond donors (Lipinski definition) is 1. The molecule has 31 heavy (non-hydrogen) atoms. The topological polar surface area (TPSA) is 59.5 Å². The number of nitrogens with one attached hydrogen (secondary N) is 1. The van der Waals surface area contributed by atoms with Gasteiger partial charge in [-0.1, -0.05) is 12.1 Å². The van der Waals surface area contributed by atoms with Crippen molar-refractivity contribution in [1.82, 2.24) is 14.3 Å². The second-order valence-corrected chi connectivity index (χ2v) is 8.63. The molecule has 0 saturated carbocycles. The highest BCUT2D eigenvalue weighted by atomic mass is 32.1. The Balaban J connectivity index is 1.62. The molecule has 1 fully saturated rings. The van der Waals surface area contributed by atoms with Crippen LogP contribution in [0.15, 0.2) is 42.7 Å². The molecule has 0 radical (unpaired) electrons. The zero-order chi connectivity index (χ0) is 22.0. The highest BCUT2D eigenvalue weighted by Crippen LogP contribution is 2.42. The molecule has 2 heterocycles. The Labute approximate surface area is 190 Å². The molecule has 0 amide bonds. The van der Waals surface area contributed by atoms with E-state index in [-0.39, 0.29) is 5.82 Å². The molecule has 1 aliphatic heterocycles. The molecular formula is C22H23FN4O2S2. The van der Waals surface area contributed by atoms with Crippen LogP contribution in [0, 0.1) is 12.7 Å². The number of methoxy groups -OCH3 is 2. The van der Waals surface area contributed by atoms with E-state index in [4.69, 9.17) is 21.7 Å². The van der Waals surface area contributed by atoms with Gasteiger partial charge in [-0.2, -0.15) is 4.37 Å². The minimum atomic E-state index is -0.472. The van der Waals surface area contributed by atoms with Crippen molar-refractivity contribution in [2.24, 2.45) is 0 Å². The van der Waals surface area contributed by atoms with E-state index in [9.17, 15) is 4.39 Å². The van der Waals surface area contributed by atoms with Gasteiger partial charge in [0.25, 0.3) is 0 Å². The van der Waals surface area contributed by atoms with Gasteiger partial charge < -0.3 is 19.7 Å². The molecular weight excluding hydrogens is 435 g/mol. The average Bonchev–Trinajstić information content (AvgIpc) is 3.46. The standard InChI is InChI=1S/C22H23FN4O2S2/c1-14-4-5-15(10-17(14)23)22(20-24-13-25-31-20)8-9-27(12-22)21(30)26-18-11-16(28-2)6-7-19(18)29-3/h4-7,10-11,13H,8-9,12H2,1-3H3,(H,26,30)/t22-/m0/s1. The maximum atomic E-state index is 14.4. The SMILES string of the molecule is COc1ccc(OC)c(NC(=S)N2CC[C@](c3ccc(C)c(F)c3)(c3ncns3)C2)c1. The molecule has 9 heteroatoms. The first kappa shape index (κ1) is 21.5. The van der Waals surface area contributed by atoms with Crippen LogP contribution >= 0.6 is 23.8 Å². The summed E-state index contributed by atoms with van der Waals surface area (Å²) >= 11 is 7.07. The first-order valence-electron chi connectivity index (χ1n) is 9.78. The van der Waals surface area contributed by atoms with Crippen LogP contribution in [-0.4, -0.2) is 46.7 Å². The lowest BCUT2D eigenvalue weighted by Gasteiger charge is -2.29. The lowest BCUT2D eigenvalue weighted by atomic mass is 9.80. The van der Waals surface area contributed by atoms with Gasteiger partial charge in [-0.05, 0) is 66.4 Å². The highest BCUT2D eigenvalue weighted by Gasteiger charge is 2.44. The Kier molecular flexibility index (Phi) is 6.06. The number of nitrogens with zero attached hydrogens (tertiary/aromatic N) is 3. The van der Waals surface area contributed by atoms with E-state index in [0.717, 1.165) is 22.7 Å². The zero-order valence-electron chi connectivity index (χ0n) is 17.5. The summed E-state index contributed by atoms with van der Waals surface area (Å²) in [4.78, 5) is 6.56. The summed E-state index contributed by atoms with van der Waals surface area (Å²) in [6, 6.07) is 10.9. The van der Waals surface area contributed by atoms with Crippen molar-refractivity contribution in [1.29, 1.82) is 0 Å². The molecule has 3 aromatic rings. The second kappa shape index (κ2) is 8.76. The number of aromatic nitrogens is 2. The van der Waals surface area contributed by atoms with Gasteiger partial charge in [0.05, 0.1) is 25.3 Å². The van der Waals surface area contributed by atoms with Gasteiger partial charge in [0, 0.05) is 19.2 Å². The number of thiocarbonyl (C=S) groups is 1. The summed E-state index contributed by atoms with van der Waals surface area (Å²) in [5.74, 6) is 1.14. The molecule has 1 saturated heterocycles. The normalized spacial score (nSPS) is 18.1. The van der Waals surface area contributed by atoms with Gasteiger partial charge in [0.1, 0.15) is 28.7 Å². The van der Waals surface area contributed by atoms with Crippen LogP contribution in [0.5, 0.6) is 11.5 Å². The summed E-state index contributed by atoms with van der Waals surface area (Å²) in [7, 11) is 3.22. The quantitative estimate of drug-likeness (QED) is 0.569. The fourth-order valence-corrected chi connectivity index (χ4v) is 4.91. The third kappa shape index (κ3) is 4.07. The molecule has 0 unspecified atom stereocenters. The summed E-state index contributed by atoms with van der Waals surface area (Å²) in [6.07, 6.45) is 2.30. The zero-order valence-corrected chi connectivity index (χ0v) is 19.1. The third-order valence-electron chi connectivity index (χ3n) is 5.70. The van der Waals surface area contributed by atoms with Crippen molar-refractivity contribution in [2.75, 3.05) is 32.6 Å². The van der Waals surface area contributed by atoms with Crippen molar-refractivity contribution in [3.8, 4) is 11.5 Å². The van der Waals surface area contributed by atoms with Crippen molar-refractivity contribution >= 4 is 34.6 Å². The number of ether oxygens (including phenoxy) is 2. The van der Waals surface area contributed by atoms with E-state index >= 15 is 0 Å². The molecule has 1 aliphatic rings. The van der Waals surface area contributed by atoms with E-state index < -0.39 is 5.41 Å². The maximum Gasteiger partial charge on any atom is 0.173 e. The minimum absolute atomic E-state index is 0.221. The average molecular weight is 459 g/mol. The molecule has 1 aromatic heterocycles. The van der Waals surface area contributed by atoms with E-state index in [0.29, 0.717) is 35.3 Å². The van der Waals surface area contributed by atoms with Crippen LogP contribution in [0.2, 0.25) is 0 Å². The van der Waals surface area contributed by atoms with Crippen LogP contribution in [-0.2, 0) is 5.41 Å². The molecule has 6 nitrogen and oxygen atoms in total. The van der Waals surface area contributed by atoms with Crippen LogP contribution in [0.4, 0.5) is 10.1 Å². The number of anilines is 1. The fraction of sp³-hybridized carbons (Fsp3) is 0.318. The molecule has 2 aromatic carbocycles. The molecule has 1 N–H and O–H groups in total. The van der Waals surface area contributed by atoms with E-state index in [1.165, 1.54) is 11.5 Å². The third-order valence-corrected chi connectivity index (χ3v) is 6.93. The van der Waals surface area contributed by atoms with Gasteiger partial charge in [-0.3, -0.25) is 0 Å². The van der Waals surface area contributed by atoms with E-state index in [1.54, 1.807) is 33.5 Å². The van der Waals surface area contributed by atoms with Gasteiger partial charge in [-0.15, -0.1) is 0 Å². The van der Waals surface area contributed by atoms with Crippen LogP contribution in [0.1, 0.15) is 22.6 Å². The van der Waals surface area contributed by atoms with Crippen molar-refractivity contribution in [3.05, 3.63) is 64.7 Å². The van der Waals surface area contributed by atoms with Crippen LogP contribution in [0.25, 0.3) is 0 Å². The summed E-state index contributed by atoms with van der Waals surface area (Å²) in [5, 5.41) is 4.70. The number of likely N-dealkylation sites (tertiary alicyclic amines) is 1. The number of benzene rings is 2. The van der Waals surface area contributed by atoms with Crippen molar-refractivity contribution < 1.29 is 13.9 Å². The number of rotatable bonds is 5. The van der Waals surface area contributed by atoms with Crippen molar-refractivity contribution in [2.45, 2.75) is 18.8 Å². The molecule has 0 aliphatic carbocycles. The predicted octanol–water partition coefficient (Wildman–Crippen LogP) is 4.39. The first-order chi connectivity index (χ1) is 15.0. The lowest BCUT2D eigenvalue weighted by Crippen LogP contribution is -2.37. The fourth-order valence-electron chi connectivity index (χ4n) is 3.90. The van der Waals surface area contributed by atoms with Crippen LogP contribution < -0.4 is 14.8 Å². The number of hydrogen-bond acceptors (Lipinski definition) is 6. The van der Waals surface area contributed by atoms with Crippen LogP contribution in [0.3, 0.4) is 0 Å². The Morgan fingerprint density at radius 1 is 1.23 bits per heavy atom. The van der Waals surface area contributed by atoms with E-state index in [2.05, 4.69) is 19.6 Å². The molecule has 1 atom stereocenters. The van der Waals surface area contributed by atoms with Gasteiger partial charge in [0.15, 0.2) is 5.11 Å². The summed E-state index contributed by atoms with van der Waals surface area (Å²) in [5.41, 5.74) is 1.76. The summed E-state index contributed by atoms with van der Waals surface area (Å²) in [6.45, 7) is 3.04. The highest BCUT2D eigenvalue weighted by molar-refractivity contribution is 7.80.